The van der Waals surface area contributed by atoms with Crippen molar-refractivity contribution in [3.8, 4) is 0 Å². The van der Waals surface area contributed by atoms with Crippen molar-refractivity contribution in [1.29, 1.82) is 0 Å². The topological polar surface area (TPSA) is 76.4 Å². The lowest BCUT2D eigenvalue weighted by Gasteiger charge is -2.16. The van der Waals surface area contributed by atoms with Gasteiger partial charge in [-0.3, -0.25) is 0 Å². The third-order valence-corrected chi connectivity index (χ3v) is 4.97. The largest absolute Gasteiger partial charge is 0.381 e. The molecule has 2 aromatic rings. The number of guanidine groups is 1. The number of halogens is 1. The predicted octanol–water partition coefficient (Wildman–Crippen LogP) is 2.27. The van der Waals surface area contributed by atoms with E-state index in [4.69, 9.17) is 21.3 Å². The summed E-state index contributed by atoms with van der Waals surface area (Å²) < 4.78 is 7.51. The van der Waals surface area contributed by atoms with Crippen LogP contribution in [0.4, 0.5) is 0 Å². The molecule has 146 valence electrons. The zero-order chi connectivity index (χ0) is 18.9. The van der Waals surface area contributed by atoms with Crippen LogP contribution in [0, 0.1) is 5.92 Å². The van der Waals surface area contributed by atoms with Crippen LogP contribution >= 0.6 is 11.6 Å². The van der Waals surface area contributed by atoms with E-state index in [1.54, 1.807) is 6.33 Å². The molecule has 0 bridgehead atoms. The van der Waals surface area contributed by atoms with E-state index >= 15 is 0 Å². The van der Waals surface area contributed by atoms with Crippen molar-refractivity contribution in [2.24, 2.45) is 10.9 Å². The highest BCUT2D eigenvalue weighted by Crippen LogP contribution is 2.15. The summed E-state index contributed by atoms with van der Waals surface area (Å²) in [6.07, 6.45) is 3.73. The Labute approximate surface area is 165 Å². The summed E-state index contributed by atoms with van der Waals surface area (Å²) in [5.74, 6) is 2.30. The molecule has 27 heavy (non-hydrogen) atoms. The minimum atomic E-state index is 0.529. The fourth-order valence-electron chi connectivity index (χ4n) is 2.98. The van der Waals surface area contributed by atoms with Crippen molar-refractivity contribution in [3.63, 3.8) is 0 Å². The van der Waals surface area contributed by atoms with Crippen molar-refractivity contribution in [1.82, 2.24) is 25.4 Å². The van der Waals surface area contributed by atoms with Crippen LogP contribution in [-0.2, 0) is 24.2 Å². The molecular formula is C19H27ClN6O. The molecule has 8 heteroatoms. The molecule has 1 saturated heterocycles. The van der Waals surface area contributed by atoms with Gasteiger partial charge in [-0.15, -0.1) is 10.2 Å². The van der Waals surface area contributed by atoms with Crippen LogP contribution in [0.15, 0.2) is 35.6 Å². The SMILES string of the molecule is CCc1nncn1CCNC(=NCc1ccccc1Cl)NCC1CCOC1. The summed E-state index contributed by atoms with van der Waals surface area (Å²) in [6, 6.07) is 7.79. The highest BCUT2D eigenvalue weighted by molar-refractivity contribution is 6.31. The summed E-state index contributed by atoms with van der Waals surface area (Å²) in [6.45, 7) is 6.64. The average Bonchev–Trinajstić information content (AvgIpc) is 3.36. The molecule has 0 radical (unpaired) electrons. The maximum Gasteiger partial charge on any atom is 0.191 e. The maximum absolute atomic E-state index is 6.25. The highest BCUT2D eigenvalue weighted by Gasteiger charge is 2.15. The van der Waals surface area contributed by atoms with Gasteiger partial charge in [0.25, 0.3) is 0 Å². The second-order valence-corrected chi connectivity index (χ2v) is 6.99. The van der Waals surface area contributed by atoms with Gasteiger partial charge >= 0.3 is 0 Å². The third kappa shape index (κ3) is 5.94. The van der Waals surface area contributed by atoms with Gasteiger partial charge in [0, 0.05) is 43.6 Å². The molecule has 1 aromatic heterocycles. The molecule has 0 amide bonds. The van der Waals surface area contributed by atoms with Gasteiger partial charge in [0.2, 0.25) is 0 Å². The number of ether oxygens (including phenoxy) is 1. The van der Waals surface area contributed by atoms with Gasteiger partial charge in [-0.25, -0.2) is 4.99 Å². The Balaban J connectivity index is 1.57. The van der Waals surface area contributed by atoms with Gasteiger partial charge in [-0.1, -0.05) is 36.7 Å². The number of aryl methyl sites for hydroxylation is 1. The fraction of sp³-hybridized carbons (Fsp3) is 0.526. The molecule has 0 spiro atoms. The molecule has 1 aromatic carbocycles. The van der Waals surface area contributed by atoms with Gasteiger partial charge in [-0.05, 0) is 18.1 Å². The molecule has 2 N–H and O–H groups in total. The summed E-state index contributed by atoms with van der Waals surface area (Å²) in [7, 11) is 0. The van der Waals surface area contributed by atoms with Crippen LogP contribution in [0.25, 0.3) is 0 Å². The number of hydrogen-bond acceptors (Lipinski definition) is 4. The summed E-state index contributed by atoms with van der Waals surface area (Å²) in [4.78, 5) is 4.71. The Hall–Kier alpha value is -2.12. The standard InChI is InChI=1S/C19H27ClN6O/c1-2-18-25-24-14-26(18)9-8-21-19(22-11-15-7-10-27-13-15)23-12-16-5-3-4-6-17(16)20/h3-6,14-15H,2,7-13H2,1H3,(H2,21,22,23). The first-order valence-electron chi connectivity index (χ1n) is 9.46. The van der Waals surface area contributed by atoms with Gasteiger partial charge in [0.15, 0.2) is 5.96 Å². The average molecular weight is 391 g/mol. The first kappa shape index (κ1) is 19.6. The summed E-state index contributed by atoms with van der Waals surface area (Å²) in [5, 5.41) is 15.7. The molecule has 3 rings (SSSR count). The fourth-order valence-corrected chi connectivity index (χ4v) is 3.18. The highest BCUT2D eigenvalue weighted by atomic mass is 35.5. The molecule has 1 unspecified atom stereocenters. The van der Waals surface area contributed by atoms with E-state index in [1.165, 1.54) is 0 Å². The van der Waals surface area contributed by atoms with E-state index in [1.807, 2.05) is 24.3 Å². The Bertz CT molecular complexity index is 741. The zero-order valence-electron chi connectivity index (χ0n) is 15.7. The van der Waals surface area contributed by atoms with E-state index in [2.05, 4.69) is 32.3 Å². The normalized spacial score (nSPS) is 17.3. The number of nitrogens with zero attached hydrogens (tertiary/aromatic N) is 4. The van der Waals surface area contributed by atoms with E-state index < -0.39 is 0 Å². The number of nitrogens with one attached hydrogen (secondary N) is 2. The van der Waals surface area contributed by atoms with Crippen LogP contribution in [0.3, 0.4) is 0 Å². The molecule has 1 fully saturated rings. The Morgan fingerprint density at radius 1 is 1.37 bits per heavy atom. The van der Waals surface area contributed by atoms with Gasteiger partial charge in [0.1, 0.15) is 12.2 Å². The van der Waals surface area contributed by atoms with Crippen molar-refractivity contribution >= 4 is 17.6 Å². The number of benzene rings is 1. The van der Waals surface area contributed by atoms with Crippen molar-refractivity contribution in [2.45, 2.75) is 32.9 Å². The van der Waals surface area contributed by atoms with Crippen LogP contribution in [0.2, 0.25) is 5.02 Å². The molecule has 1 aliphatic rings. The Morgan fingerprint density at radius 3 is 3.04 bits per heavy atom. The molecule has 0 aliphatic carbocycles. The number of hydrogen-bond donors (Lipinski definition) is 2. The maximum atomic E-state index is 6.25. The van der Waals surface area contributed by atoms with Gasteiger partial charge in [0.05, 0.1) is 13.2 Å². The Kier molecular flexibility index (Phi) is 7.47. The van der Waals surface area contributed by atoms with E-state index in [-0.39, 0.29) is 0 Å². The van der Waals surface area contributed by atoms with Crippen LogP contribution < -0.4 is 10.6 Å². The van der Waals surface area contributed by atoms with Gasteiger partial charge < -0.3 is 19.9 Å². The molecule has 1 aliphatic heterocycles. The van der Waals surface area contributed by atoms with Crippen LogP contribution in [-0.4, -0.2) is 47.0 Å². The minimum Gasteiger partial charge on any atom is -0.381 e. The van der Waals surface area contributed by atoms with Crippen molar-refractivity contribution in [3.05, 3.63) is 47.0 Å². The molecule has 1 atom stereocenters. The summed E-state index contributed by atoms with van der Waals surface area (Å²) in [5.41, 5.74) is 1.01. The first-order valence-corrected chi connectivity index (χ1v) is 9.84. The number of rotatable bonds is 8. The lowest BCUT2D eigenvalue weighted by atomic mass is 10.1. The second-order valence-electron chi connectivity index (χ2n) is 6.59. The number of aromatic nitrogens is 3. The summed E-state index contributed by atoms with van der Waals surface area (Å²) >= 11 is 6.25. The molecule has 2 heterocycles. The molecule has 0 saturated carbocycles. The van der Waals surface area contributed by atoms with Gasteiger partial charge in [-0.2, -0.15) is 0 Å². The van der Waals surface area contributed by atoms with Crippen molar-refractivity contribution in [2.75, 3.05) is 26.3 Å². The monoisotopic (exact) mass is 390 g/mol. The van der Waals surface area contributed by atoms with Crippen LogP contribution in [0.5, 0.6) is 0 Å². The molecule has 7 nitrogen and oxygen atoms in total. The lowest BCUT2D eigenvalue weighted by Crippen LogP contribution is -2.41. The van der Waals surface area contributed by atoms with E-state index in [0.717, 1.165) is 68.1 Å². The zero-order valence-corrected chi connectivity index (χ0v) is 16.5. The van der Waals surface area contributed by atoms with E-state index in [0.29, 0.717) is 12.5 Å². The second kappa shape index (κ2) is 10.3. The molecular weight excluding hydrogens is 364 g/mol. The number of aliphatic imine (C=N–C) groups is 1. The lowest BCUT2D eigenvalue weighted by molar-refractivity contribution is 0.186. The third-order valence-electron chi connectivity index (χ3n) is 4.60. The Morgan fingerprint density at radius 2 is 2.26 bits per heavy atom. The smallest absolute Gasteiger partial charge is 0.191 e. The first-order chi connectivity index (χ1) is 13.3. The predicted molar refractivity (Wildman–Crippen MR) is 107 cm³/mol. The minimum absolute atomic E-state index is 0.529. The quantitative estimate of drug-likeness (QED) is 0.534. The van der Waals surface area contributed by atoms with E-state index in [9.17, 15) is 0 Å². The van der Waals surface area contributed by atoms with Crippen molar-refractivity contribution < 1.29 is 4.74 Å². The van der Waals surface area contributed by atoms with Crippen LogP contribution in [0.1, 0.15) is 24.7 Å².